The SMILES string of the molecule is C=CC[N+]1=C(N/N=C/c2cccc(OC)c2O)N=C2C1C(=O)N(C)C(=O)N2C. The van der Waals surface area contributed by atoms with Crippen molar-refractivity contribution in [3.8, 4) is 11.5 Å². The molecule has 2 heterocycles. The lowest BCUT2D eigenvalue weighted by atomic mass is 10.1. The molecule has 0 bridgehead atoms. The van der Waals surface area contributed by atoms with E-state index in [4.69, 9.17) is 4.74 Å². The van der Waals surface area contributed by atoms with Gasteiger partial charge in [-0.2, -0.15) is 5.43 Å². The number of benzene rings is 1. The fraction of sp³-hybridized carbons (Fsp3) is 0.278. The van der Waals surface area contributed by atoms with Crippen molar-refractivity contribution in [3.05, 3.63) is 36.4 Å². The number of nitrogens with one attached hydrogen (secondary N) is 1. The Morgan fingerprint density at radius 1 is 1.39 bits per heavy atom. The van der Waals surface area contributed by atoms with Crippen LogP contribution >= 0.6 is 0 Å². The number of phenolic OH excluding ortho intramolecular Hbond substituents is 1. The Morgan fingerprint density at radius 2 is 2.14 bits per heavy atom. The summed E-state index contributed by atoms with van der Waals surface area (Å²) in [5.74, 6) is 0.511. The highest BCUT2D eigenvalue weighted by molar-refractivity contribution is 6.22. The number of methoxy groups -OCH3 is 1. The molecule has 1 aromatic carbocycles. The molecule has 2 aliphatic rings. The first-order valence-corrected chi connectivity index (χ1v) is 8.44. The second kappa shape index (κ2) is 7.51. The number of hydrogen-bond acceptors (Lipinski definition) is 7. The Morgan fingerprint density at radius 3 is 2.82 bits per heavy atom. The largest absolute Gasteiger partial charge is 0.504 e. The van der Waals surface area contributed by atoms with Gasteiger partial charge in [0, 0.05) is 19.7 Å². The van der Waals surface area contributed by atoms with E-state index in [1.165, 1.54) is 25.3 Å². The van der Waals surface area contributed by atoms with Crippen LogP contribution in [0.1, 0.15) is 5.56 Å². The van der Waals surface area contributed by atoms with Crippen LogP contribution in [0.2, 0.25) is 0 Å². The number of likely N-dealkylation sites (N-methyl/N-ethyl adjacent to an activating group) is 2. The zero-order valence-electron chi connectivity index (χ0n) is 15.8. The molecule has 146 valence electrons. The van der Waals surface area contributed by atoms with Crippen molar-refractivity contribution in [1.29, 1.82) is 0 Å². The minimum atomic E-state index is -0.742. The summed E-state index contributed by atoms with van der Waals surface area (Å²) in [6, 6.07) is 3.82. The maximum atomic E-state index is 12.6. The molecule has 10 nitrogen and oxygen atoms in total. The minimum absolute atomic E-state index is 0.0444. The lowest BCUT2D eigenvalue weighted by Gasteiger charge is -2.31. The van der Waals surface area contributed by atoms with Crippen molar-refractivity contribution in [2.24, 2.45) is 10.1 Å². The van der Waals surface area contributed by atoms with E-state index >= 15 is 0 Å². The number of para-hydroxylation sites is 1. The second-order valence-corrected chi connectivity index (χ2v) is 6.14. The molecular weight excluding hydrogens is 364 g/mol. The van der Waals surface area contributed by atoms with Crippen LogP contribution in [-0.2, 0) is 4.79 Å². The molecular formula is C18H21N6O4+. The number of ether oxygens (including phenoxy) is 1. The number of guanidine groups is 1. The van der Waals surface area contributed by atoms with Gasteiger partial charge in [-0.15, -0.1) is 5.10 Å². The number of rotatable bonds is 5. The number of carbonyl (C=O) groups is 2. The van der Waals surface area contributed by atoms with Crippen LogP contribution in [0.25, 0.3) is 0 Å². The van der Waals surface area contributed by atoms with Gasteiger partial charge in [0.05, 0.1) is 19.9 Å². The third-order valence-electron chi connectivity index (χ3n) is 4.47. The van der Waals surface area contributed by atoms with Crippen molar-refractivity contribution in [3.63, 3.8) is 0 Å². The normalized spacial score (nSPS) is 19.2. The van der Waals surface area contributed by atoms with Crippen LogP contribution in [0.5, 0.6) is 11.5 Å². The van der Waals surface area contributed by atoms with Crippen LogP contribution in [-0.4, -0.2) is 83.2 Å². The maximum absolute atomic E-state index is 12.6. The van der Waals surface area contributed by atoms with Crippen LogP contribution in [0.4, 0.5) is 4.79 Å². The fourth-order valence-corrected chi connectivity index (χ4v) is 2.99. The molecule has 1 unspecified atom stereocenters. The molecule has 0 saturated carbocycles. The summed E-state index contributed by atoms with van der Waals surface area (Å²) < 4.78 is 6.72. The Hall–Kier alpha value is -3.69. The van der Waals surface area contributed by atoms with E-state index in [9.17, 15) is 14.7 Å². The molecule has 3 amide bonds. The van der Waals surface area contributed by atoms with Gasteiger partial charge in [-0.05, 0) is 12.1 Å². The average molecular weight is 385 g/mol. The fourth-order valence-electron chi connectivity index (χ4n) is 2.99. The Labute approximate surface area is 161 Å². The minimum Gasteiger partial charge on any atom is -0.504 e. The summed E-state index contributed by atoms with van der Waals surface area (Å²) in [7, 11) is 4.45. The molecule has 0 spiro atoms. The van der Waals surface area contributed by atoms with Crippen molar-refractivity contribution in [1.82, 2.24) is 15.2 Å². The molecule has 3 rings (SSSR count). The predicted octanol–water partition coefficient (Wildman–Crippen LogP) is 0.183. The van der Waals surface area contributed by atoms with Gasteiger partial charge in [-0.25, -0.2) is 9.37 Å². The van der Waals surface area contributed by atoms with Gasteiger partial charge in [0.2, 0.25) is 11.9 Å². The highest BCUT2D eigenvalue weighted by atomic mass is 16.5. The van der Waals surface area contributed by atoms with E-state index in [1.54, 1.807) is 35.9 Å². The zero-order valence-corrected chi connectivity index (χ0v) is 15.8. The van der Waals surface area contributed by atoms with Gasteiger partial charge in [-0.1, -0.05) is 23.7 Å². The zero-order chi connectivity index (χ0) is 20.4. The second-order valence-electron chi connectivity index (χ2n) is 6.14. The van der Waals surface area contributed by atoms with Gasteiger partial charge in [0.1, 0.15) is 0 Å². The Kier molecular flexibility index (Phi) is 5.12. The summed E-state index contributed by atoms with van der Waals surface area (Å²) in [6.07, 6.45) is 3.03. The number of hydrogen-bond donors (Lipinski definition) is 2. The molecule has 1 aromatic rings. The summed E-state index contributed by atoms with van der Waals surface area (Å²) in [6.45, 7) is 4.03. The van der Waals surface area contributed by atoms with Gasteiger partial charge >= 0.3 is 12.0 Å². The third-order valence-corrected chi connectivity index (χ3v) is 4.47. The van der Waals surface area contributed by atoms with Crippen molar-refractivity contribution >= 4 is 29.9 Å². The Balaban J connectivity index is 1.90. The number of fused-ring (bicyclic) bond motifs is 1. The summed E-state index contributed by atoms with van der Waals surface area (Å²) in [5.41, 5.74) is 3.21. The molecule has 0 aromatic heterocycles. The number of amides is 3. The molecule has 0 aliphatic carbocycles. The molecule has 1 fully saturated rings. The first kappa shape index (κ1) is 19.1. The van der Waals surface area contributed by atoms with E-state index in [-0.39, 0.29) is 11.7 Å². The first-order chi connectivity index (χ1) is 13.4. The smallest absolute Gasteiger partial charge is 0.414 e. The molecule has 10 heteroatoms. The quantitative estimate of drug-likeness (QED) is 0.325. The summed E-state index contributed by atoms with van der Waals surface area (Å²) >= 11 is 0. The van der Waals surface area contributed by atoms with Crippen molar-refractivity contribution in [2.75, 3.05) is 27.7 Å². The number of phenols is 1. The maximum Gasteiger partial charge on any atom is 0.414 e. The first-order valence-electron chi connectivity index (χ1n) is 8.44. The number of amidine groups is 1. The van der Waals surface area contributed by atoms with Crippen LogP contribution < -0.4 is 10.2 Å². The number of carbonyl (C=O) groups excluding carboxylic acids is 2. The molecule has 2 aliphatic heterocycles. The van der Waals surface area contributed by atoms with Gasteiger partial charge in [0.25, 0.3) is 5.91 Å². The van der Waals surface area contributed by atoms with E-state index in [2.05, 4.69) is 22.1 Å². The number of hydrazone groups is 1. The number of nitrogens with zero attached hydrogens (tertiary/aromatic N) is 5. The number of urea groups is 1. The van der Waals surface area contributed by atoms with E-state index < -0.39 is 12.1 Å². The molecule has 0 radical (unpaired) electrons. The van der Waals surface area contributed by atoms with Gasteiger partial charge in [-0.3, -0.25) is 14.6 Å². The predicted molar refractivity (Wildman–Crippen MR) is 103 cm³/mol. The summed E-state index contributed by atoms with van der Waals surface area (Å²) in [4.78, 5) is 31.5. The van der Waals surface area contributed by atoms with Crippen LogP contribution in [0.3, 0.4) is 0 Å². The van der Waals surface area contributed by atoms with Crippen molar-refractivity contribution < 1.29 is 24.0 Å². The van der Waals surface area contributed by atoms with Crippen molar-refractivity contribution in [2.45, 2.75) is 6.04 Å². The standard InChI is InChI=1S/C18H20N6O4/c1-5-9-24-13-15(22(2)18(27)23(3)16(13)26)20-17(24)21-19-10-11-7-6-8-12(28-4)14(11)25/h5-8,10,13H,1,9H2,2-4H3,(H,19,25)/p+1. The number of aliphatic imine (C=N–C) groups is 1. The summed E-state index contributed by atoms with van der Waals surface area (Å²) in [5, 5.41) is 14.2. The van der Waals surface area contributed by atoms with Crippen LogP contribution in [0, 0.1) is 0 Å². The molecule has 1 saturated heterocycles. The molecule has 1 atom stereocenters. The highest BCUT2D eigenvalue weighted by Gasteiger charge is 2.51. The topological polar surface area (TPSA) is 110 Å². The number of aromatic hydroxyl groups is 1. The monoisotopic (exact) mass is 385 g/mol. The highest BCUT2D eigenvalue weighted by Crippen LogP contribution is 2.28. The van der Waals surface area contributed by atoms with E-state index in [1.807, 2.05) is 0 Å². The van der Waals surface area contributed by atoms with Gasteiger partial charge in [0.15, 0.2) is 11.5 Å². The van der Waals surface area contributed by atoms with E-state index in [0.29, 0.717) is 29.7 Å². The third kappa shape index (κ3) is 3.08. The number of imide groups is 1. The van der Waals surface area contributed by atoms with E-state index in [0.717, 1.165) is 4.90 Å². The Bertz CT molecular complexity index is 936. The lowest BCUT2D eigenvalue weighted by molar-refractivity contribution is -0.527. The average Bonchev–Trinajstić information content (AvgIpc) is 3.05. The molecule has 2 N–H and O–H groups in total. The molecule has 28 heavy (non-hydrogen) atoms. The van der Waals surface area contributed by atoms with Crippen LogP contribution in [0.15, 0.2) is 40.9 Å². The lowest BCUT2D eigenvalue weighted by Crippen LogP contribution is -2.61. The van der Waals surface area contributed by atoms with Gasteiger partial charge < -0.3 is 9.84 Å².